The van der Waals surface area contributed by atoms with Gasteiger partial charge in [-0.3, -0.25) is 4.57 Å². The number of rotatable bonds is 4. The van der Waals surface area contributed by atoms with Crippen LogP contribution in [-0.2, 0) is 0 Å². The van der Waals surface area contributed by atoms with Gasteiger partial charge < -0.3 is 4.42 Å². The van der Waals surface area contributed by atoms with Crippen LogP contribution in [0.25, 0.3) is 126 Å². The Morgan fingerprint density at radius 1 is 0.350 bits per heavy atom. The zero-order valence-corrected chi connectivity index (χ0v) is 32.3. The summed E-state index contributed by atoms with van der Waals surface area (Å²) in [7, 11) is 0. The molecule has 0 fully saturated rings. The lowest BCUT2D eigenvalue weighted by molar-refractivity contribution is 0.651. The van der Waals surface area contributed by atoms with Crippen LogP contribution < -0.4 is 0 Å². The van der Waals surface area contributed by atoms with Crippen molar-refractivity contribution in [1.82, 2.24) is 14.5 Å². The van der Waals surface area contributed by atoms with E-state index in [0.717, 1.165) is 77.1 Å². The van der Waals surface area contributed by atoms with Gasteiger partial charge in [0.15, 0.2) is 0 Å². The highest BCUT2D eigenvalue weighted by atomic mass is 16.3. The van der Waals surface area contributed by atoms with E-state index in [1.165, 1.54) is 37.7 Å². The summed E-state index contributed by atoms with van der Waals surface area (Å²) in [6, 6.07) is 71.5. The summed E-state index contributed by atoms with van der Waals surface area (Å²) in [5.74, 6) is 0.559. The van der Waals surface area contributed by atoms with Crippen LogP contribution in [0.15, 0.2) is 205 Å². The van der Waals surface area contributed by atoms with Crippen molar-refractivity contribution in [2.45, 2.75) is 0 Å². The van der Waals surface area contributed by atoms with Crippen LogP contribution >= 0.6 is 0 Å². The van der Waals surface area contributed by atoms with Gasteiger partial charge in [0.1, 0.15) is 5.58 Å². The van der Waals surface area contributed by atoms with E-state index in [4.69, 9.17) is 14.4 Å². The third-order valence-electron chi connectivity index (χ3n) is 12.4. The summed E-state index contributed by atoms with van der Waals surface area (Å²) in [4.78, 5) is 11.1. The minimum atomic E-state index is 0.551. The Bertz CT molecular complexity index is 3790. The first-order valence-corrected chi connectivity index (χ1v) is 20.4. The summed E-state index contributed by atoms with van der Waals surface area (Å²) in [6.45, 7) is 0. The van der Waals surface area contributed by atoms with Gasteiger partial charge in [0.05, 0.1) is 22.1 Å². The molecule has 278 valence electrons. The highest BCUT2D eigenvalue weighted by Crippen LogP contribution is 2.46. The van der Waals surface area contributed by atoms with Gasteiger partial charge in [-0.15, -0.1) is 0 Å². The standard InChI is InChI=1S/C56H33N3O/c1-3-15-34(16-4-1)37-31-38(35-17-5-2-6-18-35)33-39(32-37)53-52-46-25-13-14-26-49(46)60-55(52)58-56(57-53)59-48-30-29-45-43-23-10-9-21-41(43)42-22-11-12-24-44(42)50(45)51(48)47-28-27-36-19-7-8-20-40(36)54(47)59/h1-33H. The van der Waals surface area contributed by atoms with E-state index in [0.29, 0.717) is 11.7 Å². The van der Waals surface area contributed by atoms with Crippen molar-refractivity contribution in [3.8, 4) is 39.5 Å². The molecule has 0 amide bonds. The summed E-state index contributed by atoms with van der Waals surface area (Å²) >= 11 is 0. The molecule has 0 spiro atoms. The molecule has 13 rings (SSSR count). The van der Waals surface area contributed by atoms with Gasteiger partial charge in [0, 0.05) is 32.5 Å². The smallest absolute Gasteiger partial charge is 0.238 e. The van der Waals surface area contributed by atoms with E-state index in [1.54, 1.807) is 0 Å². The average Bonchev–Trinajstić information content (AvgIpc) is 3.88. The fraction of sp³-hybridized carbons (Fsp3) is 0. The second kappa shape index (κ2) is 12.7. The maximum Gasteiger partial charge on any atom is 0.238 e. The highest BCUT2D eigenvalue weighted by Gasteiger charge is 2.25. The topological polar surface area (TPSA) is 43.9 Å². The van der Waals surface area contributed by atoms with Gasteiger partial charge in [-0.1, -0.05) is 170 Å². The third-order valence-corrected chi connectivity index (χ3v) is 12.4. The Morgan fingerprint density at radius 2 is 0.883 bits per heavy atom. The SMILES string of the molecule is c1ccc(-c2cc(-c3ccccc3)cc(-c3nc(-n4c5ccc6c7ccccc7c7ccccc7c6c5c5ccc6ccccc6c54)nc4oc5ccccc5c34)c2)cc1. The number of aromatic nitrogens is 3. The van der Waals surface area contributed by atoms with Gasteiger partial charge in [-0.2, -0.15) is 4.98 Å². The Labute approximate surface area is 344 Å². The van der Waals surface area contributed by atoms with Crippen molar-refractivity contribution in [2.75, 3.05) is 0 Å². The van der Waals surface area contributed by atoms with E-state index in [1.807, 2.05) is 12.1 Å². The molecule has 0 aliphatic heterocycles. The second-order valence-electron chi connectivity index (χ2n) is 15.7. The molecule has 3 heterocycles. The van der Waals surface area contributed by atoms with Gasteiger partial charge in [-0.05, 0) is 84.9 Å². The lowest BCUT2D eigenvalue weighted by Gasteiger charge is -2.14. The van der Waals surface area contributed by atoms with E-state index in [-0.39, 0.29) is 0 Å². The van der Waals surface area contributed by atoms with Crippen LogP contribution in [0.5, 0.6) is 0 Å². The maximum atomic E-state index is 6.71. The number of furan rings is 1. The van der Waals surface area contributed by atoms with Crippen LogP contribution in [0, 0.1) is 0 Å². The van der Waals surface area contributed by atoms with E-state index >= 15 is 0 Å². The first-order chi connectivity index (χ1) is 29.8. The molecule has 0 N–H and O–H groups in total. The largest absolute Gasteiger partial charge is 0.437 e. The second-order valence-corrected chi connectivity index (χ2v) is 15.7. The molecule has 0 aliphatic carbocycles. The Hall–Kier alpha value is -8.08. The third kappa shape index (κ3) is 4.79. The summed E-state index contributed by atoms with van der Waals surface area (Å²) in [5, 5.41) is 13.9. The van der Waals surface area contributed by atoms with E-state index in [9.17, 15) is 0 Å². The molecule has 0 bridgehead atoms. The van der Waals surface area contributed by atoms with Crippen LogP contribution in [0.4, 0.5) is 0 Å². The molecule has 0 unspecified atom stereocenters. The quantitative estimate of drug-likeness (QED) is 0.168. The predicted octanol–water partition coefficient (Wildman–Crippen LogP) is 15.1. The lowest BCUT2D eigenvalue weighted by atomic mass is 9.91. The molecule has 10 aromatic carbocycles. The van der Waals surface area contributed by atoms with Crippen LogP contribution in [-0.4, -0.2) is 14.5 Å². The average molecular weight is 764 g/mol. The van der Waals surface area contributed by atoms with Gasteiger partial charge in [0.2, 0.25) is 11.7 Å². The van der Waals surface area contributed by atoms with Crippen molar-refractivity contribution in [2.24, 2.45) is 0 Å². The first-order valence-electron chi connectivity index (χ1n) is 20.4. The Balaban J connectivity index is 1.20. The first kappa shape index (κ1) is 32.9. The van der Waals surface area contributed by atoms with E-state index < -0.39 is 0 Å². The molecule has 3 aromatic heterocycles. The number of benzene rings is 10. The fourth-order valence-electron chi connectivity index (χ4n) is 9.75. The van der Waals surface area contributed by atoms with Gasteiger partial charge in [0.25, 0.3) is 0 Å². The lowest BCUT2D eigenvalue weighted by Crippen LogP contribution is -2.03. The molecule has 4 nitrogen and oxygen atoms in total. The number of hydrogen-bond donors (Lipinski definition) is 0. The van der Waals surface area contributed by atoms with Crippen molar-refractivity contribution in [1.29, 1.82) is 0 Å². The van der Waals surface area contributed by atoms with Crippen molar-refractivity contribution in [3.63, 3.8) is 0 Å². The maximum absolute atomic E-state index is 6.71. The molecular weight excluding hydrogens is 731 g/mol. The minimum absolute atomic E-state index is 0.551. The monoisotopic (exact) mass is 763 g/mol. The molecule has 0 saturated heterocycles. The number of para-hydroxylation sites is 1. The zero-order chi connectivity index (χ0) is 39.3. The highest BCUT2D eigenvalue weighted by molar-refractivity contribution is 6.36. The van der Waals surface area contributed by atoms with Crippen LogP contribution in [0.3, 0.4) is 0 Å². The number of hydrogen-bond acceptors (Lipinski definition) is 3. The van der Waals surface area contributed by atoms with Crippen molar-refractivity contribution in [3.05, 3.63) is 200 Å². The molecular formula is C56H33N3O. The van der Waals surface area contributed by atoms with Crippen LogP contribution in [0.1, 0.15) is 0 Å². The summed E-state index contributed by atoms with van der Waals surface area (Å²) in [5.41, 5.74) is 9.75. The number of nitrogens with zero attached hydrogens (tertiary/aromatic N) is 3. The van der Waals surface area contributed by atoms with Crippen molar-refractivity contribution < 1.29 is 4.42 Å². The molecule has 0 aliphatic rings. The molecule has 0 saturated carbocycles. The van der Waals surface area contributed by atoms with Gasteiger partial charge >= 0.3 is 0 Å². The molecule has 0 radical (unpaired) electrons. The zero-order valence-electron chi connectivity index (χ0n) is 32.3. The van der Waals surface area contributed by atoms with E-state index in [2.05, 4.69) is 193 Å². The summed E-state index contributed by atoms with van der Waals surface area (Å²) < 4.78 is 8.99. The molecule has 0 atom stereocenters. The Kier molecular flexibility index (Phi) is 6.98. The Morgan fingerprint density at radius 3 is 1.58 bits per heavy atom. The summed E-state index contributed by atoms with van der Waals surface area (Å²) in [6.07, 6.45) is 0. The number of fused-ring (bicyclic) bond motifs is 15. The van der Waals surface area contributed by atoms with Crippen molar-refractivity contribution >= 4 is 87.0 Å². The fourth-order valence-corrected chi connectivity index (χ4v) is 9.75. The van der Waals surface area contributed by atoms with Crippen LogP contribution in [0.2, 0.25) is 0 Å². The normalized spacial score (nSPS) is 12.0. The molecule has 60 heavy (non-hydrogen) atoms. The molecule has 4 heteroatoms. The minimum Gasteiger partial charge on any atom is -0.437 e. The van der Waals surface area contributed by atoms with Gasteiger partial charge in [-0.25, -0.2) is 4.98 Å². The molecule has 13 aromatic rings. The predicted molar refractivity (Wildman–Crippen MR) is 250 cm³/mol.